The maximum absolute atomic E-state index is 4.09. The predicted molar refractivity (Wildman–Crippen MR) is 91.0 cm³/mol. The molecule has 0 fully saturated rings. The van der Waals surface area contributed by atoms with Gasteiger partial charge in [0.25, 0.3) is 0 Å². The molecule has 112 valence electrons. The van der Waals surface area contributed by atoms with Crippen LogP contribution in [-0.4, -0.2) is 9.97 Å². The van der Waals surface area contributed by atoms with Crippen LogP contribution in [0.1, 0.15) is 41.1 Å². The molecule has 2 heteroatoms. The highest BCUT2D eigenvalue weighted by Gasteiger charge is 2.15. The van der Waals surface area contributed by atoms with Crippen molar-refractivity contribution in [3.8, 4) is 0 Å². The molecule has 0 bridgehead atoms. The second-order valence-electron chi connectivity index (χ2n) is 5.79. The van der Waals surface area contributed by atoms with Crippen LogP contribution in [0.5, 0.6) is 0 Å². The molecule has 1 atom stereocenters. The van der Waals surface area contributed by atoms with Crippen LogP contribution in [0.3, 0.4) is 0 Å². The first-order valence-corrected chi connectivity index (χ1v) is 7.92. The van der Waals surface area contributed by atoms with E-state index in [0.29, 0.717) is 5.92 Å². The molecule has 2 nitrogen and oxygen atoms in total. The van der Waals surface area contributed by atoms with E-state index in [1.807, 2.05) is 6.20 Å². The summed E-state index contributed by atoms with van der Waals surface area (Å²) in [6, 6.07) is 19.6. The third-order valence-corrected chi connectivity index (χ3v) is 4.26. The lowest BCUT2D eigenvalue weighted by atomic mass is 9.85. The van der Waals surface area contributed by atoms with E-state index >= 15 is 0 Å². The third-order valence-electron chi connectivity index (χ3n) is 4.26. The predicted octanol–water partition coefficient (Wildman–Crippen LogP) is 4.87. The topological polar surface area (TPSA) is 28.7 Å². The summed E-state index contributed by atoms with van der Waals surface area (Å²) in [4.78, 5) is 7.29. The first-order valence-electron chi connectivity index (χ1n) is 7.92. The third kappa shape index (κ3) is 3.45. The van der Waals surface area contributed by atoms with Crippen LogP contribution in [0.25, 0.3) is 0 Å². The minimum absolute atomic E-state index is 0.463. The van der Waals surface area contributed by atoms with Crippen LogP contribution in [0, 0.1) is 6.92 Å². The summed E-state index contributed by atoms with van der Waals surface area (Å²) in [5.74, 6) is 0.463. The first kappa shape index (κ1) is 14.6. The van der Waals surface area contributed by atoms with E-state index in [2.05, 4.69) is 71.5 Å². The molecule has 0 aliphatic rings. The number of aromatic amines is 1. The molecular formula is C20H22N2. The molecule has 3 rings (SSSR count). The zero-order valence-electron chi connectivity index (χ0n) is 13.0. The average Bonchev–Trinajstić information content (AvgIpc) is 3.07. The summed E-state index contributed by atoms with van der Waals surface area (Å²) >= 11 is 0. The number of hydrogen-bond donors (Lipinski definition) is 1. The van der Waals surface area contributed by atoms with Gasteiger partial charge in [0.05, 0.1) is 6.33 Å². The van der Waals surface area contributed by atoms with Gasteiger partial charge in [0.2, 0.25) is 0 Å². The minimum Gasteiger partial charge on any atom is -0.348 e. The molecule has 0 saturated heterocycles. The summed E-state index contributed by atoms with van der Waals surface area (Å²) in [7, 11) is 0. The van der Waals surface area contributed by atoms with Gasteiger partial charge in [-0.25, -0.2) is 4.98 Å². The number of hydrogen-bond acceptors (Lipinski definition) is 1. The molecule has 2 aromatic carbocycles. The maximum atomic E-state index is 4.09. The lowest BCUT2D eigenvalue weighted by Gasteiger charge is -2.20. The first-order chi connectivity index (χ1) is 10.8. The smallest absolute Gasteiger partial charge is 0.0921 e. The van der Waals surface area contributed by atoms with Gasteiger partial charge in [0.1, 0.15) is 0 Å². The number of imidazole rings is 1. The molecule has 1 aromatic heterocycles. The number of aryl methyl sites for hydroxylation is 2. The zero-order chi connectivity index (χ0) is 15.2. The normalized spacial score (nSPS) is 12.2. The van der Waals surface area contributed by atoms with Crippen LogP contribution >= 0.6 is 0 Å². The molecule has 0 aliphatic carbocycles. The standard InChI is InChI=1S/C20H22N2/c1-16-8-5-6-12-19(16)20(17-9-3-2-4-10-17)13-7-11-18-14-21-15-22-18/h2-6,8-10,12,14-15,20H,7,11,13H2,1H3,(H,21,22). The number of benzene rings is 2. The average molecular weight is 290 g/mol. The van der Waals surface area contributed by atoms with Gasteiger partial charge in [-0.05, 0) is 42.9 Å². The summed E-state index contributed by atoms with van der Waals surface area (Å²) in [6.07, 6.45) is 7.02. The molecule has 0 aliphatic heterocycles. The molecule has 0 amide bonds. The molecule has 22 heavy (non-hydrogen) atoms. The van der Waals surface area contributed by atoms with Crippen molar-refractivity contribution in [2.45, 2.75) is 32.1 Å². The summed E-state index contributed by atoms with van der Waals surface area (Å²) < 4.78 is 0. The lowest BCUT2D eigenvalue weighted by molar-refractivity contribution is 0.653. The van der Waals surface area contributed by atoms with Crippen molar-refractivity contribution in [2.24, 2.45) is 0 Å². The fraction of sp³-hybridized carbons (Fsp3) is 0.250. The van der Waals surface area contributed by atoms with Crippen LogP contribution < -0.4 is 0 Å². The van der Waals surface area contributed by atoms with E-state index in [1.54, 1.807) is 6.33 Å². The second-order valence-corrected chi connectivity index (χ2v) is 5.79. The largest absolute Gasteiger partial charge is 0.348 e. The maximum Gasteiger partial charge on any atom is 0.0921 e. The SMILES string of the molecule is Cc1ccccc1C(CCCc1cnc[nH]1)c1ccccc1. The fourth-order valence-electron chi connectivity index (χ4n) is 3.08. The van der Waals surface area contributed by atoms with Gasteiger partial charge in [-0.15, -0.1) is 0 Å². The number of aromatic nitrogens is 2. The zero-order valence-corrected chi connectivity index (χ0v) is 13.0. The molecule has 0 radical (unpaired) electrons. The molecule has 3 aromatic rings. The monoisotopic (exact) mass is 290 g/mol. The molecule has 0 spiro atoms. The van der Waals surface area contributed by atoms with Crippen molar-refractivity contribution in [1.29, 1.82) is 0 Å². The Bertz CT molecular complexity index is 687. The van der Waals surface area contributed by atoms with Gasteiger partial charge in [-0.1, -0.05) is 54.6 Å². The van der Waals surface area contributed by atoms with Crippen molar-refractivity contribution in [1.82, 2.24) is 9.97 Å². The van der Waals surface area contributed by atoms with Gasteiger partial charge >= 0.3 is 0 Å². The highest BCUT2D eigenvalue weighted by atomic mass is 14.9. The minimum atomic E-state index is 0.463. The number of nitrogens with zero attached hydrogens (tertiary/aromatic N) is 1. The van der Waals surface area contributed by atoms with Gasteiger partial charge in [0.15, 0.2) is 0 Å². The van der Waals surface area contributed by atoms with Gasteiger partial charge in [-0.3, -0.25) is 0 Å². The van der Waals surface area contributed by atoms with Crippen molar-refractivity contribution >= 4 is 0 Å². The highest BCUT2D eigenvalue weighted by Crippen LogP contribution is 2.31. The molecule has 0 saturated carbocycles. The fourth-order valence-corrected chi connectivity index (χ4v) is 3.08. The molecule has 1 N–H and O–H groups in total. The second kappa shape index (κ2) is 7.08. The van der Waals surface area contributed by atoms with Crippen LogP contribution in [-0.2, 0) is 6.42 Å². The van der Waals surface area contributed by atoms with Crippen LogP contribution in [0.4, 0.5) is 0 Å². The van der Waals surface area contributed by atoms with Crippen LogP contribution in [0.15, 0.2) is 67.1 Å². The summed E-state index contributed by atoms with van der Waals surface area (Å²) in [5, 5.41) is 0. The van der Waals surface area contributed by atoms with Gasteiger partial charge in [0, 0.05) is 17.8 Å². The molecular weight excluding hydrogens is 268 g/mol. The molecule has 1 unspecified atom stereocenters. The Labute approximate surface area is 132 Å². The van der Waals surface area contributed by atoms with Crippen molar-refractivity contribution in [3.63, 3.8) is 0 Å². The van der Waals surface area contributed by atoms with Crippen molar-refractivity contribution in [3.05, 3.63) is 89.5 Å². The Morgan fingerprint density at radius 2 is 1.77 bits per heavy atom. The Morgan fingerprint density at radius 3 is 2.50 bits per heavy atom. The van der Waals surface area contributed by atoms with E-state index in [4.69, 9.17) is 0 Å². The Balaban J connectivity index is 1.79. The van der Waals surface area contributed by atoms with Gasteiger partial charge < -0.3 is 4.98 Å². The van der Waals surface area contributed by atoms with Crippen LogP contribution in [0.2, 0.25) is 0 Å². The lowest BCUT2D eigenvalue weighted by Crippen LogP contribution is -2.04. The summed E-state index contributed by atoms with van der Waals surface area (Å²) in [6.45, 7) is 2.21. The van der Waals surface area contributed by atoms with Gasteiger partial charge in [-0.2, -0.15) is 0 Å². The number of nitrogens with one attached hydrogen (secondary N) is 1. The van der Waals surface area contributed by atoms with E-state index in [9.17, 15) is 0 Å². The number of rotatable bonds is 6. The summed E-state index contributed by atoms with van der Waals surface area (Å²) in [5.41, 5.74) is 5.44. The van der Waals surface area contributed by atoms with E-state index < -0.39 is 0 Å². The van der Waals surface area contributed by atoms with Crippen molar-refractivity contribution in [2.75, 3.05) is 0 Å². The highest BCUT2D eigenvalue weighted by molar-refractivity contribution is 5.37. The number of H-pyrrole nitrogens is 1. The Hall–Kier alpha value is -2.35. The Kier molecular flexibility index (Phi) is 4.69. The van der Waals surface area contributed by atoms with E-state index in [1.165, 1.54) is 22.4 Å². The van der Waals surface area contributed by atoms with E-state index in [-0.39, 0.29) is 0 Å². The quantitative estimate of drug-likeness (QED) is 0.689. The van der Waals surface area contributed by atoms with E-state index in [0.717, 1.165) is 19.3 Å². The Morgan fingerprint density at radius 1 is 1.00 bits per heavy atom. The molecule has 1 heterocycles. The van der Waals surface area contributed by atoms with Crippen molar-refractivity contribution < 1.29 is 0 Å².